The van der Waals surface area contributed by atoms with Crippen molar-refractivity contribution in [1.29, 1.82) is 0 Å². The van der Waals surface area contributed by atoms with Crippen LogP contribution in [0.15, 0.2) is 24.4 Å². The predicted molar refractivity (Wildman–Crippen MR) is 67.4 cm³/mol. The van der Waals surface area contributed by atoms with Crippen LogP contribution < -0.4 is 11.3 Å². The summed E-state index contributed by atoms with van der Waals surface area (Å²) in [4.78, 5) is 3.51. The van der Waals surface area contributed by atoms with E-state index in [2.05, 4.69) is 10.4 Å². The van der Waals surface area contributed by atoms with Gasteiger partial charge in [0.2, 0.25) is 0 Å². The highest BCUT2D eigenvalue weighted by molar-refractivity contribution is 7.11. The number of thiazole rings is 1. The minimum absolute atomic E-state index is 0.185. The molecule has 0 aliphatic heterocycles. The molecular weight excluding hydrogens is 294 g/mol. The number of nitrogens with two attached hydrogens (primary N) is 1. The first-order chi connectivity index (χ1) is 9.32. The second-order valence-corrected chi connectivity index (χ2v) is 5.25. The molecule has 0 bridgehead atoms. The van der Waals surface area contributed by atoms with Crippen molar-refractivity contribution in [3.8, 4) is 0 Å². The van der Waals surface area contributed by atoms with Gasteiger partial charge in [-0.3, -0.25) is 5.84 Å². The van der Waals surface area contributed by atoms with Gasteiger partial charge in [-0.05, 0) is 13.0 Å². The van der Waals surface area contributed by atoms with Crippen molar-refractivity contribution >= 4 is 11.3 Å². The second-order valence-electron chi connectivity index (χ2n) is 4.19. The SMILES string of the molecule is Cc1ccc(F)c(C(NN)c2cnc(C(F)(F)F)s2)c1. The largest absolute Gasteiger partial charge is 0.443 e. The highest BCUT2D eigenvalue weighted by Crippen LogP contribution is 2.36. The number of alkyl halides is 3. The van der Waals surface area contributed by atoms with Gasteiger partial charge in [0.25, 0.3) is 0 Å². The Morgan fingerprint density at radius 2 is 2.05 bits per heavy atom. The smallest absolute Gasteiger partial charge is 0.271 e. The Bertz CT molecular complexity index is 609. The molecule has 1 unspecified atom stereocenters. The zero-order valence-electron chi connectivity index (χ0n) is 10.3. The molecule has 8 heteroatoms. The molecule has 3 nitrogen and oxygen atoms in total. The van der Waals surface area contributed by atoms with Crippen LogP contribution in [-0.4, -0.2) is 4.98 Å². The molecule has 1 atom stereocenters. The first-order valence-corrected chi connectivity index (χ1v) is 6.39. The summed E-state index contributed by atoms with van der Waals surface area (Å²) in [5, 5.41) is -0.985. The quantitative estimate of drug-likeness (QED) is 0.520. The Morgan fingerprint density at radius 1 is 1.35 bits per heavy atom. The van der Waals surface area contributed by atoms with Crippen LogP contribution in [0.1, 0.15) is 27.1 Å². The third kappa shape index (κ3) is 2.97. The normalized spacial score (nSPS) is 13.5. The summed E-state index contributed by atoms with van der Waals surface area (Å²) >= 11 is 0.437. The first-order valence-electron chi connectivity index (χ1n) is 5.58. The Labute approximate surface area is 116 Å². The van der Waals surface area contributed by atoms with Crippen molar-refractivity contribution in [2.75, 3.05) is 0 Å². The molecule has 2 rings (SSSR count). The summed E-state index contributed by atoms with van der Waals surface area (Å²) in [5.74, 6) is 4.81. The summed E-state index contributed by atoms with van der Waals surface area (Å²) in [5.41, 5.74) is 3.30. The van der Waals surface area contributed by atoms with E-state index in [0.717, 1.165) is 11.8 Å². The summed E-state index contributed by atoms with van der Waals surface area (Å²) in [6, 6.07) is 3.48. The van der Waals surface area contributed by atoms with E-state index in [4.69, 9.17) is 5.84 Å². The molecule has 0 amide bonds. The zero-order valence-corrected chi connectivity index (χ0v) is 11.1. The van der Waals surface area contributed by atoms with Crippen molar-refractivity contribution in [3.63, 3.8) is 0 Å². The summed E-state index contributed by atoms with van der Waals surface area (Å²) in [6.45, 7) is 1.75. The van der Waals surface area contributed by atoms with Crippen LogP contribution in [0.25, 0.3) is 0 Å². The zero-order chi connectivity index (χ0) is 14.9. The molecule has 0 radical (unpaired) electrons. The monoisotopic (exact) mass is 305 g/mol. The van der Waals surface area contributed by atoms with E-state index < -0.39 is 23.0 Å². The number of benzene rings is 1. The maximum Gasteiger partial charge on any atom is 0.443 e. The van der Waals surface area contributed by atoms with Crippen LogP contribution >= 0.6 is 11.3 Å². The van der Waals surface area contributed by atoms with E-state index in [-0.39, 0.29) is 10.4 Å². The fraction of sp³-hybridized carbons (Fsp3) is 0.250. The summed E-state index contributed by atoms with van der Waals surface area (Å²) < 4.78 is 51.4. The minimum atomic E-state index is -4.52. The molecule has 0 aliphatic rings. The fourth-order valence-electron chi connectivity index (χ4n) is 1.76. The number of hydrogen-bond donors (Lipinski definition) is 2. The van der Waals surface area contributed by atoms with Crippen molar-refractivity contribution in [2.45, 2.75) is 19.1 Å². The lowest BCUT2D eigenvalue weighted by molar-refractivity contribution is -0.137. The maximum absolute atomic E-state index is 13.8. The molecule has 1 heterocycles. The average molecular weight is 305 g/mol. The van der Waals surface area contributed by atoms with Crippen molar-refractivity contribution in [3.05, 3.63) is 51.2 Å². The van der Waals surface area contributed by atoms with Gasteiger partial charge in [-0.1, -0.05) is 17.7 Å². The third-order valence-electron chi connectivity index (χ3n) is 2.68. The van der Waals surface area contributed by atoms with E-state index in [1.54, 1.807) is 13.0 Å². The molecule has 20 heavy (non-hydrogen) atoms. The molecule has 0 fully saturated rings. The third-order valence-corrected chi connectivity index (χ3v) is 3.79. The Morgan fingerprint density at radius 3 is 2.60 bits per heavy atom. The number of hydrogen-bond acceptors (Lipinski definition) is 4. The van der Waals surface area contributed by atoms with Crippen LogP contribution in [-0.2, 0) is 6.18 Å². The van der Waals surface area contributed by atoms with Crippen LogP contribution in [0.4, 0.5) is 17.6 Å². The van der Waals surface area contributed by atoms with Gasteiger partial charge in [0.05, 0.1) is 6.04 Å². The maximum atomic E-state index is 13.8. The minimum Gasteiger partial charge on any atom is -0.271 e. The molecule has 0 saturated heterocycles. The number of halogens is 4. The van der Waals surface area contributed by atoms with Crippen molar-refractivity contribution in [1.82, 2.24) is 10.4 Å². The molecule has 2 aromatic rings. The average Bonchev–Trinajstić information content (AvgIpc) is 2.84. The first kappa shape index (κ1) is 14.9. The topological polar surface area (TPSA) is 50.9 Å². The molecule has 3 N–H and O–H groups in total. The summed E-state index contributed by atoms with van der Waals surface area (Å²) in [7, 11) is 0. The van der Waals surface area contributed by atoms with E-state index >= 15 is 0 Å². The van der Waals surface area contributed by atoms with Crippen LogP contribution in [0.3, 0.4) is 0 Å². The summed E-state index contributed by atoms with van der Waals surface area (Å²) in [6.07, 6.45) is -3.47. The van der Waals surface area contributed by atoms with Crippen LogP contribution in [0.5, 0.6) is 0 Å². The fourth-order valence-corrected chi connectivity index (χ4v) is 2.62. The van der Waals surface area contributed by atoms with Crippen molar-refractivity contribution in [2.24, 2.45) is 5.84 Å². The van der Waals surface area contributed by atoms with E-state index in [1.165, 1.54) is 12.1 Å². The van der Waals surface area contributed by atoms with Gasteiger partial charge in [0, 0.05) is 16.6 Å². The Kier molecular flexibility index (Phi) is 4.07. The van der Waals surface area contributed by atoms with Gasteiger partial charge in [-0.2, -0.15) is 13.2 Å². The number of hydrazine groups is 1. The second kappa shape index (κ2) is 5.47. The standard InChI is InChI=1S/C12H11F4N3S/c1-6-2-3-8(13)7(4-6)10(19-17)9-5-18-11(20-9)12(14,15)16/h2-5,10,19H,17H2,1H3. The van der Waals surface area contributed by atoms with E-state index in [9.17, 15) is 17.6 Å². The van der Waals surface area contributed by atoms with Gasteiger partial charge < -0.3 is 0 Å². The molecular formula is C12H11F4N3S. The Balaban J connectivity index is 2.42. The highest BCUT2D eigenvalue weighted by Gasteiger charge is 2.35. The van der Waals surface area contributed by atoms with Gasteiger partial charge in [-0.15, -0.1) is 11.3 Å². The predicted octanol–water partition coefficient (Wildman–Crippen LogP) is 3.16. The number of aryl methyl sites for hydroxylation is 1. The van der Waals surface area contributed by atoms with Gasteiger partial charge >= 0.3 is 6.18 Å². The molecule has 1 aromatic heterocycles. The van der Waals surface area contributed by atoms with Crippen LogP contribution in [0, 0.1) is 12.7 Å². The molecule has 108 valence electrons. The molecule has 0 saturated carbocycles. The molecule has 0 aliphatic carbocycles. The number of aromatic nitrogens is 1. The lowest BCUT2D eigenvalue weighted by atomic mass is 10.0. The van der Waals surface area contributed by atoms with E-state index in [1.807, 2.05) is 0 Å². The van der Waals surface area contributed by atoms with Gasteiger partial charge in [0.1, 0.15) is 5.82 Å². The molecule has 1 aromatic carbocycles. The lowest BCUT2D eigenvalue weighted by Gasteiger charge is -2.15. The van der Waals surface area contributed by atoms with E-state index in [0.29, 0.717) is 11.3 Å². The lowest BCUT2D eigenvalue weighted by Crippen LogP contribution is -2.29. The molecule has 0 spiro atoms. The highest BCUT2D eigenvalue weighted by atomic mass is 32.1. The van der Waals surface area contributed by atoms with Crippen molar-refractivity contribution < 1.29 is 17.6 Å². The Hall–Kier alpha value is -1.51. The van der Waals surface area contributed by atoms with Crippen LogP contribution in [0.2, 0.25) is 0 Å². The van der Waals surface area contributed by atoms with Gasteiger partial charge in [-0.25, -0.2) is 14.8 Å². The number of nitrogens with zero attached hydrogens (tertiary/aromatic N) is 1. The number of rotatable bonds is 3. The van der Waals surface area contributed by atoms with Gasteiger partial charge in [0.15, 0.2) is 5.01 Å². The number of nitrogens with one attached hydrogen (secondary N) is 1.